The van der Waals surface area contributed by atoms with Crippen LogP contribution < -0.4 is 10.3 Å². The fourth-order valence-electron chi connectivity index (χ4n) is 5.57. The zero-order valence-corrected chi connectivity index (χ0v) is 31.3. The van der Waals surface area contributed by atoms with E-state index in [0.29, 0.717) is 57.8 Å². The van der Waals surface area contributed by atoms with E-state index in [-0.39, 0.29) is 52.1 Å². The molecule has 1 saturated heterocycles. The van der Waals surface area contributed by atoms with E-state index in [9.17, 15) is 13.2 Å². The molecule has 0 amide bonds. The molecule has 0 bridgehead atoms. The summed E-state index contributed by atoms with van der Waals surface area (Å²) in [5.41, 5.74) is 2.27. The van der Waals surface area contributed by atoms with Crippen molar-refractivity contribution in [2.45, 2.75) is 52.5 Å². The number of aromatic nitrogens is 4. The topological polar surface area (TPSA) is 116 Å². The number of H-pyrrole nitrogens is 1. The number of nitrogens with one attached hydrogen (secondary N) is 2. The molecule has 47 heavy (non-hydrogen) atoms. The minimum absolute atomic E-state index is 0. The van der Waals surface area contributed by atoms with Gasteiger partial charge >= 0.3 is 0 Å². The molecule has 4 aromatic rings. The van der Waals surface area contributed by atoms with Crippen molar-refractivity contribution < 1.29 is 8.42 Å². The van der Waals surface area contributed by atoms with Crippen LogP contribution in [0.5, 0.6) is 0 Å². The summed E-state index contributed by atoms with van der Waals surface area (Å²) in [7, 11) is -3.49. The summed E-state index contributed by atoms with van der Waals surface area (Å²) >= 11 is 19.1. The Balaban J connectivity index is 0.00000300. The molecule has 0 aliphatic carbocycles. The quantitative estimate of drug-likeness (QED) is 0.173. The normalized spacial score (nSPS) is 14.4. The lowest BCUT2D eigenvalue weighted by molar-refractivity contribution is 0.109. The molecule has 1 aliphatic rings. The molecule has 5 rings (SSSR count). The number of hydrogen-bond donors (Lipinski definition) is 2. The maximum absolute atomic E-state index is 13.3. The number of nitrogens with zero attached hydrogens (tertiary/aromatic N) is 5. The van der Waals surface area contributed by atoms with Crippen LogP contribution >= 0.6 is 59.6 Å². The summed E-state index contributed by atoms with van der Waals surface area (Å²) in [6.45, 7) is 13.0. The van der Waals surface area contributed by atoms with Gasteiger partial charge in [0.25, 0.3) is 5.56 Å². The SMILES string of the molecule is CC(C)c1nn(-c2c(Cl)cc(Cl)cc2Cl)c2nc(Cc3ccc(NS(=O)(=O)CCCN4CCN(C(C)C)CC4)cc3)[nH]c(=O)c12.Cl.Cl. The summed E-state index contributed by atoms with van der Waals surface area (Å²) in [6.07, 6.45) is 0.866. The van der Waals surface area contributed by atoms with Crippen molar-refractivity contribution in [2.24, 2.45) is 0 Å². The third kappa shape index (κ3) is 9.54. The smallest absolute Gasteiger partial charge is 0.262 e. The van der Waals surface area contributed by atoms with Crippen molar-refractivity contribution in [2.75, 3.05) is 43.2 Å². The molecular formula is C31H40Cl5N7O3S. The number of aromatic amines is 1. The Kier molecular flexibility index (Phi) is 13.8. The first-order valence-corrected chi connectivity index (χ1v) is 17.8. The van der Waals surface area contributed by atoms with Crippen molar-refractivity contribution in [3.63, 3.8) is 0 Å². The lowest BCUT2D eigenvalue weighted by Crippen LogP contribution is -2.49. The monoisotopic (exact) mass is 765 g/mol. The van der Waals surface area contributed by atoms with Crippen LogP contribution in [0.3, 0.4) is 0 Å². The van der Waals surface area contributed by atoms with Gasteiger partial charge in [-0.3, -0.25) is 14.4 Å². The molecule has 2 aromatic heterocycles. The van der Waals surface area contributed by atoms with Crippen LogP contribution in [0.4, 0.5) is 5.69 Å². The van der Waals surface area contributed by atoms with E-state index >= 15 is 0 Å². The molecule has 258 valence electrons. The summed E-state index contributed by atoms with van der Waals surface area (Å²) < 4.78 is 29.7. The van der Waals surface area contributed by atoms with Crippen LogP contribution in [0.15, 0.2) is 41.2 Å². The molecule has 2 N–H and O–H groups in total. The Morgan fingerprint density at radius 1 is 0.957 bits per heavy atom. The third-order valence-corrected chi connectivity index (χ3v) is 10.1. The van der Waals surface area contributed by atoms with Gasteiger partial charge in [-0.2, -0.15) is 5.10 Å². The molecule has 0 spiro atoms. The second kappa shape index (κ2) is 16.5. The second-order valence-electron chi connectivity index (χ2n) is 12.0. The molecule has 0 saturated carbocycles. The number of sulfonamides is 1. The number of piperazine rings is 1. The predicted octanol–water partition coefficient (Wildman–Crippen LogP) is 6.78. The number of rotatable bonds is 11. The summed E-state index contributed by atoms with van der Waals surface area (Å²) in [5.74, 6) is 0.398. The van der Waals surface area contributed by atoms with Gasteiger partial charge in [0.15, 0.2) is 5.65 Å². The van der Waals surface area contributed by atoms with E-state index < -0.39 is 10.0 Å². The molecule has 0 radical (unpaired) electrons. The minimum Gasteiger partial charge on any atom is -0.310 e. The first kappa shape index (κ1) is 39.3. The van der Waals surface area contributed by atoms with Crippen LogP contribution in [0.1, 0.15) is 57.1 Å². The Bertz CT molecular complexity index is 1820. The average molecular weight is 768 g/mol. The Morgan fingerprint density at radius 2 is 1.57 bits per heavy atom. The summed E-state index contributed by atoms with van der Waals surface area (Å²) in [5, 5.41) is 5.96. The van der Waals surface area contributed by atoms with Gasteiger partial charge in [-0.05, 0) is 62.6 Å². The first-order valence-electron chi connectivity index (χ1n) is 15.0. The number of halogens is 5. The first-order chi connectivity index (χ1) is 21.3. The highest BCUT2D eigenvalue weighted by Crippen LogP contribution is 2.34. The van der Waals surface area contributed by atoms with Crippen LogP contribution in [0.2, 0.25) is 15.1 Å². The average Bonchev–Trinajstić information content (AvgIpc) is 3.33. The minimum atomic E-state index is -3.49. The molecule has 1 aliphatic heterocycles. The van der Waals surface area contributed by atoms with Gasteiger partial charge in [-0.15, -0.1) is 24.8 Å². The van der Waals surface area contributed by atoms with E-state index in [0.717, 1.165) is 38.3 Å². The largest absolute Gasteiger partial charge is 0.310 e. The fraction of sp³-hybridized carbons (Fsp3) is 0.452. The fourth-order valence-corrected chi connectivity index (χ4v) is 7.66. The maximum atomic E-state index is 13.3. The van der Waals surface area contributed by atoms with Gasteiger partial charge in [0.05, 0.1) is 21.5 Å². The van der Waals surface area contributed by atoms with Crippen LogP contribution in [0, 0.1) is 0 Å². The maximum Gasteiger partial charge on any atom is 0.262 e. The number of hydrogen-bond acceptors (Lipinski definition) is 7. The molecule has 0 atom stereocenters. The highest BCUT2D eigenvalue weighted by molar-refractivity contribution is 7.92. The summed E-state index contributed by atoms with van der Waals surface area (Å²) in [6, 6.07) is 10.7. The molecule has 10 nitrogen and oxygen atoms in total. The molecule has 3 heterocycles. The van der Waals surface area contributed by atoms with Crippen molar-refractivity contribution in [1.82, 2.24) is 29.5 Å². The lowest BCUT2D eigenvalue weighted by Gasteiger charge is -2.36. The molecule has 0 unspecified atom stereocenters. The van der Waals surface area contributed by atoms with Crippen molar-refractivity contribution >= 4 is 86.4 Å². The molecule has 16 heteroatoms. The Morgan fingerprint density at radius 3 is 2.15 bits per heavy atom. The van der Waals surface area contributed by atoms with Crippen molar-refractivity contribution in [3.05, 3.63) is 78.9 Å². The molecular weight excluding hydrogens is 728 g/mol. The lowest BCUT2D eigenvalue weighted by atomic mass is 10.1. The van der Waals surface area contributed by atoms with E-state index in [1.807, 2.05) is 13.8 Å². The predicted molar refractivity (Wildman–Crippen MR) is 198 cm³/mol. The van der Waals surface area contributed by atoms with Gasteiger partial charge in [0.1, 0.15) is 16.9 Å². The molecule has 2 aromatic carbocycles. The zero-order valence-electron chi connectivity index (χ0n) is 26.6. The van der Waals surface area contributed by atoms with Gasteiger partial charge in [0.2, 0.25) is 10.0 Å². The van der Waals surface area contributed by atoms with Crippen LogP contribution in [-0.2, 0) is 16.4 Å². The van der Waals surface area contributed by atoms with Crippen LogP contribution in [-0.4, -0.2) is 82.5 Å². The second-order valence-corrected chi connectivity index (χ2v) is 15.1. The molecule has 1 fully saturated rings. The Hall–Kier alpha value is -2.09. The third-order valence-electron chi connectivity index (χ3n) is 7.98. The zero-order chi connectivity index (χ0) is 32.5. The van der Waals surface area contributed by atoms with Gasteiger partial charge in [-0.1, -0.05) is 60.8 Å². The number of fused-ring (bicyclic) bond motifs is 1. The summed E-state index contributed by atoms with van der Waals surface area (Å²) in [4.78, 5) is 25.7. The van der Waals surface area contributed by atoms with Crippen LogP contribution in [0.25, 0.3) is 16.7 Å². The van der Waals surface area contributed by atoms with Crippen molar-refractivity contribution in [3.8, 4) is 5.69 Å². The Labute approximate surface area is 303 Å². The van der Waals surface area contributed by atoms with Crippen molar-refractivity contribution in [1.29, 1.82) is 0 Å². The highest BCUT2D eigenvalue weighted by atomic mass is 35.5. The number of benzene rings is 2. The van der Waals surface area contributed by atoms with E-state index in [2.05, 4.69) is 38.5 Å². The standard InChI is InChI=1S/C31H38Cl3N7O3S.2ClH/c1-19(2)28-27-30(41(37-28)29-24(33)17-22(32)18-25(29)34)35-26(36-31(27)42)16-21-6-8-23(9-7-21)38-45(43,44)15-5-10-39-11-13-40(14-12-39)20(3)4;;/h6-9,17-20,38H,5,10-16H2,1-4H3,(H,35,36,42);2*1H. The highest BCUT2D eigenvalue weighted by Gasteiger charge is 2.23. The van der Waals surface area contributed by atoms with E-state index in [1.54, 1.807) is 36.4 Å². The van der Waals surface area contributed by atoms with Gasteiger partial charge in [0, 0.05) is 49.4 Å². The van der Waals surface area contributed by atoms with Gasteiger partial charge < -0.3 is 9.88 Å². The number of anilines is 1. The van der Waals surface area contributed by atoms with E-state index in [1.165, 1.54) is 4.68 Å². The van der Waals surface area contributed by atoms with E-state index in [4.69, 9.17) is 39.8 Å². The van der Waals surface area contributed by atoms with Gasteiger partial charge in [-0.25, -0.2) is 18.1 Å².